The van der Waals surface area contributed by atoms with Crippen molar-refractivity contribution in [3.8, 4) is 5.75 Å². The maximum absolute atomic E-state index is 12.9. The highest BCUT2D eigenvalue weighted by molar-refractivity contribution is 5.98. The van der Waals surface area contributed by atoms with Gasteiger partial charge >= 0.3 is 6.18 Å². The van der Waals surface area contributed by atoms with E-state index in [1.165, 1.54) is 18.2 Å². The summed E-state index contributed by atoms with van der Waals surface area (Å²) in [6.07, 6.45) is -4.22. The highest BCUT2D eigenvalue weighted by Crippen LogP contribution is 2.30. The monoisotopic (exact) mass is 387 g/mol. The molecule has 0 aliphatic heterocycles. The molecule has 2 rings (SSSR count). The number of nitrogens with zero attached hydrogens (tertiary/aromatic N) is 1. The summed E-state index contributed by atoms with van der Waals surface area (Å²) in [7, 11) is 3.60. The average molecular weight is 388 g/mol. The van der Waals surface area contributed by atoms with Gasteiger partial charge in [-0.25, -0.2) is 0 Å². The van der Waals surface area contributed by atoms with Crippen LogP contribution in [0.5, 0.6) is 5.75 Å². The second-order valence-electron chi connectivity index (χ2n) is 6.28. The van der Waals surface area contributed by atoms with Crippen LogP contribution in [0, 0.1) is 5.92 Å². The SMILES string of the molecule is CN(C)CC(Cc1cccc(C(F)(F)F)c1)C(=O)c1cccc(O)c1.Cl. The van der Waals surface area contributed by atoms with Gasteiger partial charge in [-0.2, -0.15) is 13.2 Å². The van der Waals surface area contributed by atoms with Crippen molar-refractivity contribution in [2.75, 3.05) is 20.6 Å². The van der Waals surface area contributed by atoms with Crippen molar-refractivity contribution < 1.29 is 23.1 Å². The summed E-state index contributed by atoms with van der Waals surface area (Å²) in [5, 5.41) is 9.55. The molecule has 1 atom stereocenters. The molecule has 2 aromatic carbocycles. The van der Waals surface area contributed by atoms with Gasteiger partial charge in [-0.1, -0.05) is 30.3 Å². The van der Waals surface area contributed by atoms with E-state index in [1.54, 1.807) is 32.3 Å². The van der Waals surface area contributed by atoms with Crippen molar-refractivity contribution in [3.63, 3.8) is 0 Å². The summed E-state index contributed by atoms with van der Waals surface area (Å²) in [6, 6.07) is 11.0. The molecule has 3 nitrogen and oxygen atoms in total. The van der Waals surface area contributed by atoms with Crippen molar-refractivity contribution in [1.82, 2.24) is 4.90 Å². The van der Waals surface area contributed by atoms with Crippen LogP contribution in [0.15, 0.2) is 48.5 Å². The Bertz CT molecular complexity index is 748. The van der Waals surface area contributed by atoms with Gasteiger partial charge in [0.05, 0.1) is 5.56 Å². The number of aromatic hydroxyl groups is 1. The molecular formula is C19H21ClF3NO2. The normalized spacial score (nSPS) is 12.5. The van der Waals surface area contributed by atoms with Crippen LogP contribution in [0.4, 0.5) is 13.2 Å². The molecule has 7 heteroatoms. The fourth-order valence-corrected chi connectivity index (χ4v) is 2.73. The van der Waals surface area contributed by atoms with E-state index in [0.717, 1.165) is 12.1 Å². The summed E-state index contributed by atoms with van der Waals surface area (Å²) < 4.78 is 38.6. The van der Waals surface area contributed by atoms with E-state index < -0.39 is 17.7 Å². The molecule has 142 valence electrons. The molecule has 26 heavy (non-hydrogen) atoms. The molecule has 0 aliphatic rings. The standard InChI is InChI=1S/C19H20F3NO2.ClH/c1-23(2)12-15(18(25)14-6-4-8-17(24)11-14)9-13-5-3-7-16(10-13)19(20,21)22;/h3-8,10-11,15,24H,9,12H2,1-2H3;1H. The van der Waals surface area contributed by atoms with Crippen molar-refractivity contribution in [2.45, 2.75) is 12.6 Å². The zero-order chi connectivity index (χ0) is 18.6. The van der Waals surface area contributed by atoms with Crippen molar-refractivity contribution >= 4 is 18.2 Å². The Morgan fingerprint density at radius 2 is 1.77 bits per heavy atom. The average Bonchev–Trinajstić information content (AvgIpc) is 2.52. The molecule has 0 aromatic heterocycles. The number of phenolic OH excluding ortho intramolecular Hbond substituents is 1. The van der Waals surface area contributed by atoms with Crippen LogP contribution in [0.3, 0.4) is 0 Å². The smallest absolute Gasteiger partial charge is 0.416 e. The summed E-state index contributed by atoms with van der Waals surface area (Å²) in [6.45, 7) is 0.394. The molecule has 0 amide bonds. The maximum atomic E-state index is 12.9. The van der Waals surface area contributed by atoms with Crippen LogP contribution in [-0.4, -0.2) is 36.4 Å². The van der Waals surface area contributed by atoms with Crippen molar-refractivity contribution in [2.24, 2.45) is 5.92 Å². The summed E-state index contributed by atoms with van der Waals surface area (Å²) in [5.74, 6) is -0.740. The minimum Gasteiger partial charge on any atom is -0.508 e. The van der Waals surface area contributed by atoms with Gasteiger partial charge in [-0.05, 0) is 44.3 Å². The lowest BCUT2D eigenvalue weighted by molar-refractivity contribution is -0.137. The number of ketones is 1. The van der Waals surface area contributed by atoms with Gasteiger partial charge in [0.25, 0.3) is 0 Å². The number of benzene rings is 2. The number of rotatable bonds is 6. The van der Waals surface area contributed by atoms with Gasteiger partial charge in [-0.3, -0.25) is 4.79 Å². The van der Waals surface area contributed by atoms with Gasteiger partial charge in [0, 0.05) is 18.0 Å². The Balaban J connectivity index is 0.00000338. The first-order chi connectivity index (χ1) is 11.7. The number of alkyl halides is 3. The maximum Gasteiger partial charge on any atom is 0.416 e. The number of Topliss-reactive ketones (excluding diaryl/α,β-unsaturated/α-hetero) is 1. The van der Waals surface area contributed by atoms with Gasteiger partial charge < -0.3 is 10.0 Å². The Hall–Kier alpha value is -2.05. The third kappa shape index (κ3) is 6.04. The topological polar surface area (TPSA) is 40.5 Å². The number of hydrogen-bond acceptors (Lipinski definition) is 3. The van der Waals surface area contributed by atoms with E-state index in [0.29, 0.717) is 17.7 Å². The summed E-state index contributed by atoms with van der Waals surface area (Å²) in [4.78, 5) is 14.6. The molecule has 1 N–H and O–H groups in total. The highest BCUT2D eigenvalue weighted by Gasteiger charge is 2.31. The quantitative estimate of drug-likeness (QED) is 0.745. The van der Waals surface area contributed by atoms with Crippen LogP contribution in [-0.2, 0) is 12.6 Å². The molecule has 0 radical (unpaired) electrons. The third-order valence-corrected chi connectivity index (χ3v) is 3.82. The van der Waals surface area contributed by atoms with E-state index in [1.807, 2.05) is 4.90 Å². The Morgan fingerprint density at radius 3 is 2.35 bits per heavy atom. The lowest BCUT2D eigenvalue weighted by atomic mass is 9.90. The van der Waals surface area contributed by atoms with Gasteiger partial charge in [0.1, 0.15) is 5.75 Å². The third-order valence-electron chi connectivity index (χ3n) is 3.82. The summed E-state index contributed by atoms with van der Waals surface area (Å²) in [5.41, 5.74) is 0.0763. The van der Waals surface area contributed by atoms with Gasteiger partial charge in [0.2, 0.25) is 0 Å². The molecule has 0 saturated heterocycles. The van der Waals surface area contributed by atoms with E-state index in [9.17, 15) is 23.1 Å². The van der Waals surface area contributed by atoms with Gasteiger partial charge in [-0.15, -0.1) is 12.4 Å². The van der Waals surface area contributed by atoms with Gasteiger partial charge in [0.15, 0.2) is 5.78 Å². The zero-order valence-electron chi connectivity index (χ0n) is 14.5. The van der Waals surface area contributed by atoms with Crippen LogP contribution in [0.25, 0.3) is 0 Å². The lowest BCUT2D eigenvalue weighted by Gasteiger charge is -2.21. The molecule has 0 aliphatic carbocycles. The molecular weight excluding hydrogens is 367 g/mol. The largest absolute Gasteiger partial charge is 0.508 e. The molecule has 1 unspecified atom stereocenters. The fourth-order valence-electron chi connectivity index (χ4n) is 2.73. The zero-order valence-corrected chi connectivity index (χ0v) is 15.3. The minimum absolute atomic E-state index is 0. The van der Waals surface area contributed by atoms with Crippen LogP contribution in [0.2, 0.25) is 0 Å². The fraction of sp³-hybridized carbons (Fsp3) is 0.316. The number of hydrogen-bond donors (Lipinski definition) is 1. The molecule has 0 spiro atoms. The lowest BCUT2D eigenvalue weighted by Crippen LogP contribution is -2.29. The van der Waals surface area contributed by atoms with E-state index in [-0.39, 0.29) is 30.4 Å². The minimum atomic E-state index is -4.41. The highest BCUT2D eigenvalue weighted by atomic mass is 35.5. The molecule has 0 saturated carbocycles. The van der Waals surface area contributed by atoms with Crippen molar-refractivity contribution in [3.05, 3.63) is 65.2 Å². The van der Waals surface area contributed by atoms with E-state index in [4.69, 9.17) is 0 Å². The first kappa shape index (κ1) is 22.0. The molecule has 0 bridgehead atoms. The Morgan fingerprint density at radius 1 is 1.12 bits per heavy atom. The van der Waals surface area contributed by atoms with E-state index >= 15 is 0 Å². The first-order valence-electron chi connectivity index (χ1n) is 7.81. The number of carbonyl (C=O) groups is 1. The molecule has 0 fully saturated rings. The second kappa shape index (κ2) is 9.05. The van der Waals surface area contributed by atoms with E-state index in [2.05, 4.69) is 0 Å². The predicted octanol–water partition coefficient (Wildman–Crippen LogP) is 4.44. The number of phenols is 1. The Labute approximate surface area is 156 Å². The summed E-state index contributed by atoms with van der Waals surface area (Å²) >= 11 is 0. The number of halogens is 4. The number of carbonyl (C=O) groups excluding carboxylic acids is 1. The van der Waals surface area contributed by atoms with Crippen LogP contribution in [0.1, 0.15) is 21.5 Å². The predicted molar refractivity (Wildman–Crippen MR) is 96.9 cm³/mol. The van der Waals surface area contributed by atoms with Crippen LogP contribution >= 0.6 is 12.4 Å². The molecule has 2 aromatic rings. The molecule has 0 heterocycles. The van der Waals surface area contributed by atoms with Crippen LogP contribution < -0.4 is 0 Å². The Kier molecular flexibility index (Phi) is 7.66. The second-order valence-corrected chi connectivity index (χ2v) is 6.28. The first-order valence-corrected chi connectivity index (χ1v) is 7.81. The van der Waals surface area contributed by atoms with Crippen molar-refractivity contribution in [1.29, 1.82) is 0 Å².